The van der Waals surface area contributed by atoms with Crippen LogP contribution in [0, 0.1) is 12.7 Å². The summed E-state index contributed by atoms with van der Waals surface area (Å²) in [6, 6.07) is 13.2. The topological polar surface area (TPSA) is 46.6 Å². The molecule has 24 heavy (non-hydrogen) atoms. The first-order valence-corrected chi connectivity index (χ1v) is 7.76. The van der Waals surface area contributed by atoms with Gasteiger partial charge in [-0.2, -0.15) is 0 Å². The van der Waals surface area contributed by atoms with Crippen LogP contribution in [0.15, 0.2) is 48.5 Å². The summed E-state index contributed by atoms with van der Waals surface area (Å²) in [4.78, 5) is 25.8. The highest BCUT2D eigenvalue weighted by Crippen LogP contribution is 2.17. The number of nitrogens with zero attached hydrogens (tertiary/aromatic N) is 1. The van der Waals surface area contributed by atoms with Crippen molar-refractivity contribution in [1.82, 2.24) is 0 Å². The molecule has 0 atom stereocenters. The summed E-state index contributed by atoms with van der Waals surface area (Å²) in [5.41, 5.74) is 2.21. The standard InChI is InChI=1S/C19H20FNO3/c1-3-24-19(23)13-21(17-9-7-14(2)8-10-17)18(22)12-15-5-4-6-16(20)11-15/h4-11H,3,12-13H2,1-2H3. The van der Waals surface area contributed by atoms with Gasteiger partial charge in [-0.1, -0.05) is 29.8 Å². The normalized spacial score (nSPS) is 10.3. The minimum atomic E-state index is -0.481. The maximum atomic E-state index is 13.3. The average molecular weight is 329 g/mol. The number of halogens is 1. The highest BCUT2D eigenvalue weighted by molar-refractivity contribution is 5.98. The Morgan fingerprint density at radius 3 is 2.46 bits per heavy atom. The first-order chi connectivity index (χ1) is 11.5. The zero-order valence-corrected chi connectivity index (χ0v) is 13.8. The lowest BCUT2D eigenvalue weighted by molar-refractivity contribution is -0.142. The van der Waals surface area contributed by atoms with Gasteiger partial charge in [-0.3, -0.25) is 9.59 Å². The van der Waals surface area contributed by atoms with Crippen molar-refractivity contribution in [1.29, 1.82) is 0 Å². The number of amides is 1. The van der Waals surface area contributed by atoms with Gasteiger partial charge in [-0.25, -0.2) is 4.39 Å². The van der Waals surface area contributed by atoms with Gasteiger partial charge in [0, 0.05) is 5.69 Å². The van der Waals surface area contributed by atoms with Crippen molar-refractivity contribution in [3.05, 3.63) is 65.5 Å². The molecule has 0 radical (unpaired) electrons. The lowest BCUT2D eigenvalue weighted by atomic mass is 10.1. The second-order valence-electron chi connectivity index (χ2n) is 5.43. The van der Waals surface area contributed by atoms with Crippen molar-refractivity contribution < 1.29 is 18.7 Å². The molecule has 2 aromatic carbocycles. The van der Waals surface area contributed by atoms with Gasteiger partial charge in [0.2, 0.25) is 5.91 Å². The average Bonchev–Trinajstić information content (AvgIpc) is 2.54. The van der Waals surface area contributed by atoms with E-state index in [0.717, 1.165) is 5.56 Å². The largest absolute Gasteiger partial charge is 0.465 e. The lowest BCUT2D eigenvalue weighted by Crippen LogP contribution is -2.37. The van der Waals surface area contributed by atoms with E-state index in [1.54, 1.807) is 31.2 Å². The number of benzene rings is 2. The van der Waals surface area contributed by atoms with Crippen molar-refractivity contribution in [3.63, 3.8) is 0 Å². The van der Waals surface area contributed by atoms with Crippen LogP contribution in [-0.2, 0) is 20.7 Å². The first-order valence-electron chi connectivity index (χ1n) is 7.76. The smallest absolute Gasteiger partial charge is 0.326 e. The molecule has 5 heteroatoms. The first kappa shape index (κ1) is 17.7. The molecule has 0 aliphatic carbocycles. The number of hydrogen-bond acceptors (Lipinski definition) is 3. The van der Waals surface area contributed by atoms with Crippen molar-refractivity contribution in [3.8, 4) is 0 Å². The van der Waals surface area contributed by atoms with E-state index in [1.807, 2.05) is 19.1 Å². The number of rotatable bonds is 6. The fourth-order valence-corrected chi connectivity index (χ4v) is 2.30. The Balaban J connectivity index is 2.21. The molecule has 0 heterocycles. The van der Waals surface area contributed by atoms with Crippen LogP contribution < -0.4 is 4.90 Å². The van der Waals surface area contributed by atoms with E-state index in [4.69, 9.17) is 4.74 Å². The predicted octanol–water partition coefficient (Wildman–Crippen LogP) is 3.27. The molecular weight excluding hydrogens is 309 g/mol. The van der Waals surface area contributed by atoms with Gasteiger partial charge < -0.3 is 9.64 Å². The van der Waals surface area contributed by atoms with Crippen LogP contribution in [0.1, 0.15) is 18.1 Å². The molecule has 0 unspecified atom stereocenters. The molecule has 126 valence electrons. The quantitative estimate of drug-likeness (QED) is 0.764. The third-order valence-electron chi connectivity index (χ3n) is 3.48. The molecule has 0 N–H and O–H groups in total. The molecule has 4 nitrogen and oxygen atoms in total. The second kappa shape index (κ2) is 8.24. The van der Waals surface area contributed by atoms with Crippen molar-refractivity contribution in [2.45, 2.75) is 20.3 Å². The summed E-state index contributed by atoms with van der Waals surface area (Å²) in [5.74, 6) is -1.17. The number of ether oxygens (including phenoxy) is 1. The van der Waals surface area contributed by atoms with Crippen LogP contribution >= 0.6 is 0 Å². The third kappa shape index (κ3) is 4.91. The van der Waals surface area contributed by atoms with Crippen molar-refractivity contribution in [2.24, 2.45) is 0 Å². The van der Waals surface area contributed by atoms with Crippen LogP contribution in [-0.4, -0.2) is 25.0 Å². The molecule has 0 saturated carbocycles. The number of anilines is 1. The summed E-state index contributed by atoms with van der Waals surface area (Å²) in [7, 11) is 0. The van der Waals surface area contributed by atoms with Crippen LogP contribution in [0.25, 0.3) is 0 Å². The second-order valence-corrected chi connectivity index (χ2v) is 5.43. The molecule has 0 fully saturated rings. The van der Waals surface area contributed by atoms with Crippen LogP contribution in [0.3, 0.4) is 0 Å². The third-order valence-corrected chi connectivity index (χ3v) is 3.48. The Hall–Kier alpha value is -2.69. The minimum Gasteiger partial charge on any atom is -0.465 e. The van der Waals surface area contributed by atoms with Crippen LogP contribution in [0.5, 0.6) is 0 Å². The summed E-state index contributed by atoms with van der Waals surface area (Å²) < 4.78 is 18.2. The number of carbonyl (C=O) groups is 2. The molecule has 0 spiro atoms. The van der Waals surface area contributed by atoms with Gasteiger partial charge in [-0.05, 0) is 43.7 Å². The summed E-state index contributed by atoms with van der Waals surface area (Å²) in [5, 5.41) is 0. The number of esters is 1. The van der Waals surface area contributed by atoms with Gasteiger partial charge in [0.05, 0.1) is 13.0 Å². The van der Waals surface area contributed by atoms with E-state index in [0.29, 0.717) is 11.3 Å². The number of aryl methyl sites for hydroxylation is 1. The zero-order chi connectivity index (χ0) is 17.5. The molecule has 0 saturated heterocycles. The molecule has 2 aromatic rings. The fraction of sp³-hybridized carbons (Fsp3) is 0.263. The highest BCUT2D eigenvalue weighted by Gasteiger charge is 2.20. The molecule has 2 rings (SSSR count). The summed E-state index contributed by atoms with van der Waals surface area (Å²) in [6.45, 7) is 3.72. The summed E-state index contributed by atoms with van der Waals surface area (Å²) >= 11 is 0. The Morgan fingerprint density at radius 1 is 1.12 bits per heavy atom. The molecule has 0 aliphatic heterocycles. The Bertz CT molecular complexity index is 713. The van der Waals surface area contributed by atoms with Crippen molar-refractivity contribution >= 4 is 17.6 Å². The molecular formula is C19H20FNO3. The zero-order valence-electron chi connectivity index (χ0n) is 13.8. The van der Waals surface area contributed by atoms with Gasteiger partial charge in [0.25, 0.3) is 0 Å². The maximum absolute atomic E-state index is 13.3. The minimum absolute atomic E-state index is 0.00500. The Kier molecular flexibility index (Phi) is 6.07. The van der Waals surface area contributed by atoms with Gasteiger partial charge in [0.1, 0.15) is 12.4 Å². The molecule has 0 aliphatic rings. The summed E-state index contributed by atoms with van der Waals surface area (Å²) in [6.07, 6.45) is 0.00500. The van der Waals surface area contributed by atoms with Gasteiger partial charge in [0.15, 0.2) is 0 Å². The van der Waals surface area contributed by atoms with Gasteiger partial charge in [-0.15, -0.1) is 0 Å². The monoisotopic (exact) mass is 329 g/mol. The molecule has 0 aromatic heterocycles. The SMILES string of the molecule is CCOC(=O)CN(C(=O)Cc1cccc(F)c1)c1ccc(C)cc1. The maximum Gasteiger partial charge on any atom is 0.326 e. The van der Waals surface area contributed by atoms with Crippen LogP contribution in [0.4, 0.5) is 10.1 Å². The highest BCUT2D eigenvalue weighted by atomic mass is 19.1. The Morgan fingerprint density at radius 2 is 1.83 bits per heavy atom. The van der Waals surface area contributed by atoms with E-state index >= 15 is 0 Å². The Labute approximate surface area is 140 Å². The van der Waals surface area contributed by atoms with E-state index in [-0.39, 0.29) is 25.5 Å². The van der Waals surface area contributed by atoms with E-state index in [9.17, 15) is 14.0 Å². The van der Waals surface area contributed by atoms with E-state index in [2.05, 4.69) is 0 Å². The van der Waals surface area contributed by atoms with E-state index in [1.165, 1.54) is 17.0 Å². The van der Waals surface area contributed by atoms with Gasteiger partial charge >= 0.3 is 5.97 Å². The fourth-order valence-electron chi connectivity index (χ4n) is 2.30. The van der Waals surface area contributed by atoms with Crippen LogP contribution in [0.2, 0.25) is 0 Å². The number of carbonyl (C=O) groups excluding carboxylic acids is 2. The van der Waals surface area contributed by atoms with Crippen molar-refractivity contribution in [2.75, 3.05) is 18.1 Å². The van der Waals surface area contributed by atoms with E-state index < -0.39 is 11.8 Å². The molecule has 1 amide bonds. The number of hydrogen-bond donors (Lipinski definition) is 0. The predicted molar refractivity (Wildman–Crippen MR) is 90.3 cm³/mol. The molecule has 0 bridgehead atoms. The lowest BCUT2D eigenvalue weighted by Gasteiger charge is -2.22.